The summed E-state index contributed by atoms with van der Waals surface area (Å²) in [6, 6.07) is 0. The van der Waals surface area contributed by atoms with Gasteiger partial charge in [0.1, 0.15) is 5.69 Å². The van der Waals surface area contributed by atoms with Gasteiger partial charge in [-0.2, -0.15) is 5.10 Å². The number of aryl methyl sites for hydroxylation is 3. The van der Waals surface area contributed by atoms with Gasteiger partial charge in [0, 0.05) is 0 Å². The van der Waals surface area contributed by atoms with Crippen molar-refractivity contribution < 1.29 is 0 Å². The van der Waals surface area contributed by atoms with Crippen molar-refractivity contribution >= 4 is 5.71 Å². The van der Waals surface area contributed by atoms with Crippen molar-refractivity contribution in [3.05, 3.63) is 22.8 Å². The zero-order valence-corrected chi connectivity index (χ0v) is 8.54. The fourth-order valence-electron chi connectivity index (χ4n) is 1.72. The van der Waals surface area contributed by atoms with Crippen LogP contribution in [0.5, 0.6) is 0 Å². The normalized spacial score (nSPS) is 18.3. The number of hydrazone groups is 1. The number of nitrogens with zero attached hydrogens (tertiary/aromatic N) is 3. The molecule has 1 aliphatic carbocycles. The summed E-state index contributed by atoms with van der Waals surface area (Å²) in [4.78, 5) is 9.00. The van der Waals surface area contributed by atoms with Crippen LogP contribution in [-0.4, -0.2) is 15.7 Å². The Labute approximate surface area is 83.3 Å². The molecule has 0 radical (unpaired) electrons. The quantitative estimate of drug-likeness (QED) is 0.492. The lowest BCUT2D eigenvalue weighted by Gasteiger charge is -2.16. The molecule has 1 aliphatic rings. The highest BCUT2D eigenvalue weighted by Crippen LogP contribution is 2.19. The van der Waals surface area contributed by atoms with E-state index in [2.05, 4.69) is 15.1 Å². The van der Waals surface area contributed by atoms with Gasteiger partial charge in [-0.15, -0.1) is 0 Å². The summed E-state index contributed by atoms with van der Waals surface area (Å²) in [5.74, 6) is 5.33. The van der Waals surface area contributed by atoms with Crippen molar-refractivity contribution in [1.82, 2.24) is 9.97 Å². The molecule has 0 atom stereocenters. The van der Waals surface area contributed by atoms with Crippen molar-refractivity contribution in [3.63, 3.8) is 0 Å². The molecular formula is C10H14N4. The monoisotopic (exact) mass is 190 g/mol. The number of fused-ring (bicyclic) bond motifs is 1. The Morgan fingerprint density at radius 2 is 1.86 bits per heavy atom. The second kappa shape index (κ2) is 3.36. The Hall–Kier alpha value is -1.45. The van der Waals surface area contributed by atoms with Gasteiger partial charge in [0.25, 0.3) is 0 Å². The molecule has 74 valence electrons. The fourth-order valence-corrected chi connectivity index (χ4v) is 1.72. The van der Waals surface area contributed by atoms with E-state index in [0.29, 0.717) is 0 Å². The van der Waals surface area contributed by atoms with Gasteiger partial charge >= 0.3 is 0 Å². The van der Waals surface area contributed by atoms with Gasteiger partial charge < -0.3 is 5.84 Å². The fraction of sp³-hybridized carbons (Fsp3) is 0.500. The zero-order valence-electron chi connectivity index (χ0n) is 8.54. The van der Waals surface area contributed by atoms with Crippen LogP contribution in [0.2, 0.25) is 0 Å². The molecule has 0 saturated heterocycles. The maximum atomic E-state index is 5.33. The van der Waals surface area contributed by atoms with Gasteiger partial charge in [-0.3, -0.25) is 4.98 Å². The summed E-state index contributed by atoms with van der Waals surface area (Å²) in [6.07, 6.45) is 2.98. The number of hydrogen-bond donors (Lipinski definition) is 1. The van der Waals surface area contributed by atoms with Crippen molar-refractivity contribution in [2.24, 2.45) is 10.9 Å². The van der Waals surface area contributed by atoms with Crippen molar-refractivity contribution in [2.45, 2.75) is 33.1 Å². The van der Waals surface area contributed by atoms with E-state index in [1.54, 1.807) is 0 Å². The SMILES string of the molecule is Cc1nc2c(nc1C)/C(=N/N)CCC2. The topological polar surface area (TPSA) is 64.2 Å². The molecule has 0 fully saturated rings. The molecule has 1 aromatic heterocycles. The van der Waals surface area contributed by atoms with Gasteiger partial charge in [-0.25, -0.2) is 4.98 Å². The van der Waals surface area contributed by atoms with Crippen LogP contribution >= 0.6 is 0 Å². The molecule has 4 nitrogen and oxygen atoms in total. The van der Waals surface area contributed by atoms with E-state index in [9.17, 15) is 0 Å². The van der Waals surface area contributed by atoms with Crippen LogP contribution in [0.3, 0.4) is 0 Å². The highest BCUT2D eigenvalue weighted by molar-refractivity contribution is 6.00. The first-order chi connectivity index (χ1) is 6.72. The Morgan fingerprint density at radius 3 is 2.57 bits per heavy atom. The van der Waals surface area contributed by atoms with Crippen molar-refractivity contribution in [1.29, 1.82) is 0 Å². The average molecular weight is 190 g/mol. The molecule has 1 aromatic rings. The van der Waals surface area contributed by atoms with Crippen LogP contribution in [0.1, 0.15) is 35.6 Å². The highest BCUT2D eigenvalue weighted by Gasteiger charge is 2.19. The molecule has 0 aliphatic heterocycles. The Kier molecular flexibility index (Phi) is 2.19. The summed E-state index contributed by atoms with van der Waals surface area (Å²) in [5, 5.41) is 3.77. The number of hydrogen-bond acceptors (Lipinski definition) is 4. The first-order valence-corrected chi connectivity index (χ1v) is 4.83. The van der Waals surface area contributed by atoms with Gasteiger partial charge in [0.15, 0.2) is 0 Å². The lowest BCUT2D eigenvalue weighted by Crippen LogP contribution is -2.18. The largest absolute Gasteiger partial charge is 0.323 e. The van der Waals surface area contributed by atoms with Crippen LogP contribution in [0, 0.1) is 13.8 Å². The molecule has 4 heteroatoms. The minimum absolute atomic E-state index is 0.891. The van der Waals surface area contributed by atoms with E-state index < -0.39 is 0 Å². The molecule has 2 rings (SSSR count). The van der Waals surface area contributed by atoms with E-state index in [4.69, 9.17) is 5.84 Å². The molecule has 0 aromatic carbocycles. The molecule has 1 heterocycles. The molecule has 0 saturated carbocycles. The number of nitrogens with two attached hydrogens (primary N) is 1. The third kappa shape index (κ3) is 1.36. The molecule has 0 unspecified atom stereocenters. The van der Waals surface area contributed by atoms with E-state index in [0.717, 1.165) is 47.7 Å². The maximum absolute atomic E-state index is 5.33. The van der Waals surface area contributed by atoms with Gasteiger partial charge in [0.2, 0.25) is 0 Å². The predicted octanol–water partition coefficient (Wildman–Crippen LogP) is 1.09. The Morgan fingerprint density at radius 1 is 1.14 bits per heavy atom. The lowest BCUT2D eigenvalue weighted by atomic mass is 9.98. The van der Waals surface area contributed by atoms with E-state index in [1.165, 1.54) is 0 Å². The predicted molar refractivity (Wildman–Crippen MR) is 55.2 cm³/mol. The molecule has 0 bridgehead atoms. The van der Waals surface area contributed by atoms with E-state index in [1.807, 2.05) is 13.8 Å². The molecule has 0 spiro atoms. The Bertz CT molecular complexity index is 395. The number of aromatic nitrogens is 2. The first-order valence-electron chi connectivity index (χ1n) is 4.83. The molecule has 14 heavy (non-hydrogen) atoms. The zero-order chi connectivity index (χ0) is 10.1. The molecular weight excluding hydrogens is 176 g/mol. The van der Waals surface area contributed by atoms with Crippen LogP contribution in [-0.2, 0) is 6.42 Å². The third-order valence-corrected chi connectivity index (χ3v) is 2.64. The van der Waals surface area contributed by atoms with Gasteiger partial charge in [-0.1, -0.05) is 0 Å². The lowest BCUT2D eigenvalue weighted by molar-refractivity contribution is 0.778. The minimum Gasteiger partial charge on any atom is -0.323 e. The van der Waals surface area contributed by atoms with Crippen LogP contribution in [0.25, 0.3) is 0 Å². The molecule has 0 amide bonds. The minimum atomic E-state index is 0.891. The summed E-state index contributed by atoms with van der Waals surface area (Å²) in [7, 11) is 0. The smallest absolute Gasteiger partial charge is 0.108 e. The second-order valence-electron chi connectivity index (χ2n) is 3.62. The maximum Gasteiger partial charge on any atom is 0.108 e. The standard InChI is InChI=1S/C10H14N4/c1-6-7(2)13-10-8(12-6)4-3-5-9(10)14-11/h3-5,11H2,1-2H3/b14-9+. The van der Waals surface area contributed by atoms with Crippen LogP contribution in [0.4, 0.5) is 0 Å². The first kappa shape index (κ1) is 9.12. The van der Waals surface area contributed by atoms with Gasteiger partial charge in [-0.05, 0) is 33.1 Å². The highest BCUT2D eigenvalue weighted by atomic mass is 15.1. The summed E-state index contributed by atoms with van der Waals surface area (Å²) >= 11 is 0. The van der Waals surface area contributed by atoms with E-state index >= 15 is 0 Å². The number of rotatable bonds is 0. The second-order valence-corrected chi connectivity index (χ2v) is 3.62. The van der Waals surface area contributed by atoms with Gasteiger partial charge in [0.05, 0.1) is 22.8 Å². The van der Waals surface area contributed by atoms with Crippen molar-refractivity contribution in [2.75, 3.05) is 0 Å². The van der Waals surface area contributed by atoms with Crippen LogP contribution < -0.4 is 5.84 Å². The summed E-state index contributed by atoms with van der Waals surface area (Å²) in [6.45, 7) is 3.95. The van der Waals surface area contributed by atoms with Crippen molar-refractivity contribution in [3.8, 4) is 0 Å². The summed E-state index contributed by atoms with van der Waals surface area (Å²) < 4.78 is 0. The Balaban J connectivity index is 2.58. The summed E-state index contributed by atoms with van der Waals surface area (Å²) in [5.41, 5.74) is 4.81. The van der Waals surface area contributed by atoms with E-state index in [-0.39, 0.29) is 0 Å². The average Bonchev–Trinajstić information content (AvgIpc) is 2.19. The third-order valence-electron chi connectivity index (χ3n) is 2.64. The van der Waals surface area contributed by atoms with Crippen LogP contribution in [0.15, 0.2) is 5.10 Å². The molecule has 2 N–H and O–H groups in total.